The Balaban J connectivity index is 1.58. The van der Waals surface area contributed by atoms with Crippen LogP contribution in [0.5, 0.6) is 0 Å². The van der Waals surface area contributed by atoms with Crippen molar-refractivity contribution in [2.45, 2.75) is 19.8 Å². The molecule has 1 saturated heterocycles. The van der Waals surface area contributed by atoms with Gasteiger partial charge in [-0.25, -0.2) is 9.37 Å². The molecule has 4 rings (SSSR count). The zero-order chi connectivity index (χ0) is 18.3. The molecular weight excluding hydrogens is 353 g/mol. The fourth-order valence-electron chi connectivity index (χ4n) is 3.42. The number of benzene rings is 2. The number of aromatic nitrogens is 1. The van der Waals surface area contributed by atoms with Crippen LogP contribution >= 0.6 is 11.3 Å². The van der Waals surface area contributed by atoms with E-state index >= 15 is 0 Å². The van der Waals surface area contributed by atoms with Crippen LogP contribution in [0, 0.1) is 11.7 Å². The highest BCUT2D eigenvalue weighted by molar-refractivity contribution is 7.23. The zero-order valence-electron chi connectivity index (χ0n) is 14.3. The van der Waals surface area contributed by atoms with Crippen LogP contribution in [0.1, 0.15) is 19.8 Å². The van der Waals surface area contributed by atoms with Gasteiger partial charge in [0, 0.05) is 25.4 Å². The number of piperidine rings is 1. The van der Waals surface area contributed by atoms with Gasteiger partial charge in [0.1, 0.15) is 5.82 Å². The van der Waals surface area contributed by atoms with Gasteiger partial charge in [-0.15, -0.1) is 0 Å². The molecule has 7 heteroatoms. The highest BCUT2D eigenvalue weighted by atomic mass is 32.1. The lowest BCUT2D eigenvalue weighted by Crippen LogP contribution is -2.42. The average molecular weight is 371 g/mol. The lowest BCUT2D eigenvalue weighted by atomic mass is 9.97. The summed E-state index contributed by atoms with van der Waals surface area (Å²) in [5, 5.41) is 5.15. The van der Waals surface area contributed by atoms with E-state index in [-0.39, 0.29) is 23.5 Å². The van der Waals surface area contributed by atoms with E-state index in [4.69, 9.17) is 0 Å². The van der Waals surface area contributed by atoms with Gasteiger partial charge in [0.05, 0.1) is 16.1 Å². The molecule has 3 aromatic rings. The maximum Gasteiger partial charge on any atom is 0.231 e. The SMILES string of the molecule is CC(=O)N1CCCC(C(=O)Nc2nc3ccc4cc(F)ccc4c3s2)C1. The predicted molar refractivity (Wildman–Crippen MR) is 101 cm³/mol. The Morgan fingerprint density at radius 3 is 2.96 bits per heavy atom. The molecule has 1 atom stereocenters. The first-order chi connectivity index (χ1) is 12.5. The number of thiazole rings is 1. The number of hydrogen-bond acceptors (Lipinski definition) is 4. The van der Waals surface area contributed by atoms with Crippen molar-refractivity contribution in [3.63, 3.8) is 0 Å². The second-order valence-electron chi connectivity index (χ2n) is 6.59. The minimum absolute atomic E-state index is 0.00110. The van der Waals surface area contributed by atoms with Gasteiger partial charge >= 0.3 is 0 Å². The summed E-state index contributed by atoms with van der Waals surface area (Å²) in [4.78, 5) is 30.3. The average Bonchev–Trinajstić information content (AvgIpc) is 3.04. The molecule has 0 saturated carbocycles. The first-order valence-corrected chi connectivity index (χ1v) is 9.38. The van der Waals surface area contributed by atoms with Gasteiger partial charge in [0.2, 0.25) is 11.8 Å². The number of fused-ring (bicyclic) bond motifs is 3. The Labute approximate surface area is 153 Å². The van der Waals surface area contributed by atoms with E-state index in [1.54, 1.807) is 11.0 Å². The lowest BCUT2D eigenvalue weighted by Gasteiger charge is -2.31. The summed E-state index contributed by atoms with van der Waals surface area (Å²) in [6.45, 7) is 2.69. The van der Waals surface area contributed by atoms with E-state index in [2.05, 4.69) is 10.3 Å². The Morgan fingerprint density at radius 1 is 1.31 bits per heavy atom. The van der Waals surface area contributed by atoms with Gasteiger partial charge in [-0.2, -0.15) is 0 Å². The van der Waals surface area contributed by atoms with Crippen LogP contribution in [0.2, 0.25) is 0 Å². The molecule has 2 aromatic carbocycles. The molecule has 2 heterocycles. The van der Waals surface area contributed by atoms with Crippen molar-refractivity contribution in [2.75, 3.05) is 18.4 Å². The molecule has 1 unspecified atom stereocenters. The predicted octanol–water partition coefficient (Wildman–Crippen LogP) is 3.79. The quantitative estimate of drug-likeness (QED) is 0.746. The third-order valence-electron chi connectivity index (χ3n) is 4.80. The van der Waals surface area contributed by atoms with E-state index in [0.29, 0.717) is 18.2 Å². The summed E-state index contributed by atoms with van der Waals surface area (Å²) in [6, 6.07) is 8.32. The number of halogens is 1. The first kappa shape index (κ1) is 16.9. The van der Waals surface area contributed by atoms with Crippen molar-refractivity contribution >= 4 is 49.3 Å². The standard InChI is InChI=1S/C19H18FN3O2S/c1-11(24)23-8-2-3-13(10-23)18(25)22-19-21-16-7-4-12-9-14(20)5-6-15(12)17(16)26-19/h4-7,9,13H,2-3,8,10H2,1H3,(H,21,22,25). The normalized spacial score (nSPS) is 17.6. The second-order valence-corrected chi connectivity index (χ2v) is 7.59. The number of nitrogens with one attached hydrogen (secondary N) is 1. The van der Waals surface area contributed by atoms with Crippen molar-refractivity contribution in [1.29, 1.82) is 0 Å². The summed E-state index contributed by atoms with van der Waals surface area (Å²) in [5.41, 5.74) is 0.776. The number of amides is 2. The van der Waals surface area contributed by atoms with Crippen molar-refractivity contribution in [3.8, 4) is 0 Å². The number of nitrogens with zero attached hydrogens (tertiary/aromatic N) is 2. The molecule has 1 aliphatic heterocycles. The fourth-order valence-corrected chi connectivity index (χ4v) is 4.43. The van der Waals surface area contributed by atoms with Crippen LogP contribution in [0.4, 0.5) is 9.52 Å². The van der Waals surface area contributed by atoms with Crippen molar-refractivity contribution in [1.82, 2.24) is 9.88 Å². The molecule has 26 heavy (non-hydrogen) atoms. The van der Waals surface area contributed by atoms with Gasteiger partial charge in [-0.3, -0.25) is 9.59 Å². The molecule has 5 nitrogen and oxygen atoms in total. The summed E-state index contributed by atoms with van der Waals surface area (Å²) in [6.07, 6.45) is 1.59. The van der Waals surface area contributed by atoms with Crippen LogP contribution in [-0.2, 0) is 9.59 Å². The molecule has 1 N–H and O–H groups in total. The molecule has 1 fully saturated rings. The minimum Gasteiger partial charge on any atom is -0.342 e. The van der Waals surface area contributed by atoms with Crippen molar-refractivity contribution in [3.05, 3.63) is 36.1 Å². The van der Waals surface area contributed by atoms with Crippen LogP contribution < -0.4 is 5.32 Å². The van der Waals surface area contributed by atoms with Gasteiger partial charge in [-0.1, -0.05) is 17.4 Å². The summed E-state index contributed by atoms with van der Waals surface area (Å²) < 4.78 is 14.3. The third-order valence-corrected chi connectivity index (χ3v) is 5.82. The largest absolute Gasteiger partial charge is 0.342 e. The summed E-state index contributed by atoms with van der Waals surface area (Å²) in [5.74, 6) is -0.598. The summed E-state index contributed by atoms with van der Waals surface area (Å²) in [7, 11) is 0. The first-order valence-electron chi connectivity index (χ1n) is 8.56. The zero-order valence-corrected chi connectivity index (χ0v) is 15.1. The molecule has 134 valence electrons. The van der Waals surface area contributed by atoms with E-state index in [1.165, 1.54) is 30.4 Å². The topological polar surface area (TPSA) is 62.3 Å². The smallest absolute Gasteiger partial charge is 0.231 e. The van der Waals surface area contributed by atoms with Gasteiger partial charge < -0.3 is 10.2 Å². The Hall–Kier alpha value is -2.54. The molecule has 0 radical (unpaired) electrons. The van der Waals surface area contributed by atoms with E-state index in [1.807, 2.05) is 12.1 Å². The van der Waals surface area contributed by atoms with Crippen LogP contribution in [0.15, 0.2) is 30.3 Å². The number of carbonyl (C=O) groups excluding carboxylic acids is 2. The Bertz CT molecular complexity index is 1020. The lowest BCUT2D eigenvalue weighted by molar-refractivity contribution is -0.132. The molecule has 0 spiro atoms. The Morgan fingerprint density at radius 2 is 2.15 bits per heavy atom. The number of likely N-dealkylation sites (tertiary alicyclic amines) is 1. The maximum atomic E-state index is 13.4. The van der Waals surface area contributed by atoms with Crippen molar-refractivity contribution < 1.29 is 14.0 Å². The molecule has 0 bridgehead atoms. The minimum atomic E-state index is -0.276. The maximum absolute atomic E-state index is 13.4. The monoisotopic (exact) mass is 371 g/mol. The Kier molecular flexibility index (Phi) is 4.32. The molecule has 2 amide bonds. The van der Waals surface area contributed by atoms with Gasteiger partial charge in [0.25, 0.3) is 0 Å². The van der Waals surface area contributed by atoms with Gasteiger partial charge in [-0.05, 0) is 42.5 Å². The van der Waals surface area contributed by atoms with Crippen molar-refractivity contribution in [2.24, 2.45) is 5.92 Å². The van der Waals surface area contributed by atoms with E-state index in [0.717, 1.165) is 33.8 Å². The number of carbonyl (C=O) groups is 2. The highest BCUT2D eigenvalue weighted by Crippen LogP contribution is 2.33. The summed E-state index contributed by atoms with van der Waals surface area (Å²) >= 11 is 1.39. The van der Waals surface area contributed by atoms with Gasteiger partial charge in [0.15, 0.2) is 5.13 Å². The molecule has 1 aromatic heterocycles. The van der Waals surface area contributed by atoms with Crippen LogP contribution in [0.25, 0.3) is 21.0 Å². The fraction of sp³-hybridized carbons (Fsp3) is 0.316. The van der Waals surface area contributed by atoms with Crippen LogP contribution in [0.3, 0.4) is 0 Å². The second kappa shape index (κ2) is 6.64. The van der Waals surface area contributed by atoms with E-state index < -0.39 is 0 Å². The number of anilines is 1. The molecule has 0 aliphatic carbocycles. The number of rotatable bonds is 2. The molecule has 1 aliphatic rings. The van der Waals surface area contributed by atoms with E-state index in [9.17, 15) is 14.0 Å². The third kappa shape index (κ3) is 3.14. The molecular formula is C19H18FN3O2S. The number of hydrogen-bond donors (Lipinski definition) is 1. The highest BCUT2D eigenvalue weighted by Gasteiger charge is 2.27. The van der Waals surface area contributed by atoms with Crippen LogP contribution in [-0.4, -0.2) is 34.8 Å².